The van der Waals surface area contributed by atoms with Crippen LogP contribution in [0, 0.1) is 0 Å². The molecule has 1 unspecified atom stereocenters. The van der Waals surface area contributed by atoms with Crippen molar-refractivity contribution in [1.82, 2.24) is 0 Å². The van der Waals surface area contributed by atoms with Gasteiger partial charge in [0.25, 0.3) is 0 Å². The lowest BCUT2D eigenvalue weighted by atomic mass is 9.95. The molecule has 2 N–H and O–H groups in total. The second-order valence-corrected chi connectivity index (χ2v) is 5.76. The molecule has 94 valence electrons. The van der Waals surface area contributed by atoms with Crippen molar-refractivity contribution in [3.05, 3.63) is 35.9 Å². The highest BCUT2D eigenvalue weighted by atomic mass is 32.2. The predicted molar refractivity (Wildman–Crippen MR) is 74.2 cm³/mol. The Balaban J connectivity index is 1.93. The van der Waals surface area contributed by atoms with Crippen LogP contribution in [0.5, 0.6) is 0 Å². The third kappa shape index (κ3) is 3.73. The molecule has 1 saturated heterocycles. The summed E-state index contributed by atoms with van der Waals surface area (Å²) in [5, 5.41) is 0. The molecule has 0 radical (unpaired) electrons. The van der Waals surface area contributed by atoms with Crippen LogP contribution < -0.4 is 5.73 Å². The molecule has 0 aromatic heterocycles. The average molecular weight is 251 g/mol. The molecule has 0 amide bonds. The number of rotatable bonds is 5. The molecule has 1 aliphatic rings. The van der Waals surface area contributed by atoms with Gasteiger partial charge in [0.2, 0.25) is 0 Å². The third-order valence-corrected chi connectivity index (χ3v) is 4.58. The monoisotopic (exact) mass is 251 g/mol. The fourth-order valence-electron chi connectivity index (χ4n) is 2.28. The normalized spacial score (nSPS) is 24.8. The highest BCUT2D eigenvalue weighted by molar-refractivity contribution is 7.99. The molecule has 1 aromatic carbocycles. The van der Waals surface area contributed by atoms with Crippen molar-refractivity contribution < 1.29 is 4.74 Å². The fraction of sp³-hybridized carbons (Fsp3) is 0.571. The van der Waals surface area contributed by atoms with Crippen molar-refractivity contribution in [3.8, 4) is 0 Å². The standard InChI is InChI=1S/C14H21NOS/c15-9-8-14(7-4-10-17-12-14)16-11-13-5-2-1-3-6-13/h1-3,5-6H,4,7-12,15H2. The summed E-state index contributed by atoms with van der Waals surface area (Å²) in [6, 6.07) is 10.4. The van der Waals surface area contributed by atoms with Crippen LogP contribution in [0.2, 0.25) is 0 Å². The second-order valence-electron chi connectivity index (χ2n) is 4.65. The SMILES string of the molecule is NCCC1(OCc2ccccc2)CCCSC1. The Morgan fingerprint density at radius 2 is 2.12 bits per heavy atom. The van der Waals surface area contributed by atoms with E-state index in [0.29, 0.717) is 6.61 Å². The number of ether oxygens (including phenoxy) is 1. The van der Waals surface area contributed by atoms with Crippen molar-refractivity contribution in [2.24, 2.45) is 5.73 Å². The Labute approximate surface area is 108 Å². The molecule has 17 heavy (non-hydrogen) atoms. The Morgan fingerprint density at radius 1 is 1.29 bits per heavy atom. The maximum absolute atomic E-state index is 6.20. The largest absolute Gasteiger partial charge is 0.369 e. The van der Waals surface area contributed by atoms with Crippen LogP contribution in [-0.2, 0) is 11.3 Å². The maximum atomic E-state index is 6.20. The Hall–Kier alpha value is -0.510. The van der Waals surface area contributed by atoms with Gasteiger partial charge in [0, 0.05) is 5.75 Å². The van der Waals surface area contributed by atoms with Crippen LogP contribution in [-0.4, -0.2) is 23.7 Å². The number of thioether (sulfide) groups is 1. The van der Waals surface area contributed by atoms with E-state index < -0.39 is 0 Å². The molecule has 2 nitrogen and oxygen atoms in total. The van der Waals surface area contributed by atoms with Crippen LogP contribution in [0.15, 0.2) is 30.3 Å². The van der Waals surface area contributed by atoms with Gasteiger partial charge in [0.1, 0.15) is 0 Å². The first kappa shape index (κ1) is 12.9. The van der Waals surface area contributed by atoms with Crippen LogP contribution in [0.4, 0.5) is 0 Å². The molecular weight excluding hydrogens is 230 g/mol. The van der Waals surface area contributed by atoms with Gasteiger partial charge in [-0.2, -0.15) is 11.8 Å². The van der Waals surface area contributed by atoms with E-state index in [1.807, 2.05) is 17.8 Å². The Kier molecular flexibility index (Phi) is 4.89. The summed E-state index contributed by atoms with van der Waals surface area (Å²) < 4.78 is 6.20. The van der Waals surface area contributed by atoms with Crippen molar-refractivity contribution >= 4 is 11.8 Å². The molecule has 3 heteroatoms. The van der Waals surface area contributed by atoms with Gasteiger partial charge in [-0.3, -0.25) is 0 Å². The number of hydrogen-bond donors (Lipinski definition) is 1. The lowest BCUT2D eigenvalue weighted by molar-refractivity contribution is -0.0512. The zero-order valence-corrected chi connectivity index (χ0v) is 11.0. The Bertz CT molecular complexity index is 317. The lowest BCUT2D eigenvalue weighted by Gasteiger charge is -2.36. The minimum Gasteiger partial charge on any atom is -0.369 e. The van der Waals surface area contributed by atoms with E-state index in [2.05, 4.69) is 24.3 Å². The summed E-state index contributed by atoms with van der Waals surface area (Å²) in [7, 11) is 0. The summed E-state index contributed by atoms with van der Waals surface area (Å²) in [6.07, 6.45) is 3.39. The van der Waals surface area contributed by atoms with E-state index in [1.165, 1.54) is 17.7 Å². The van der Waals surface area contributed by atoms with E-state index in [9.17, 15) is 0 Å². The quantitative estimate of drug-likeness (QED) is 0.874. The first-order chi connectivity index (χ1) is 8.35. The predicted octanol–water partition coefficient (Wildman–Crippen LogP) is 2.82. The molecule has 0 bridgehead atoms. The summed E-state index contributed by atoms with van der Waals surface area (Å²) in [6.45, 7) is 1.43. The Morgan fingerprint density at radius 3 is 2.76 bits per heavy atom. The zero-order chi connectivity index (χ0) is 12.0. The van der Waals surface area contributed by atoms with Crippen LogP contribution in [0.3, 0.4) is 0 Å². The number of hydrogen-bond acceptors (Lipinski definition) is 3. The van der Waals surface area contributed by atoms with Crippen molar-refractivity contribution in [1.29, 1.82) is 0 Å². The minimum absolute atomic E-state index is 0.0213. The molecular formula is C14H21NOS. The number of benzene rings is 1. The molecule has 2 rings (SSSR count). The molecule has 1 heterocycles. The van der Waals surface area contributed by atoms with Gasteiger partial charge >= 0.3 is 0 Å². The lowest BCUT2D eigenvalue weighted by Crippen LogP contribution is -2.40. The molecule has 0 saturated carbocycles. The van der Waals surface area contributed by atoms with E-state index in [1.54, 1.807) is 0 Å². The third-order valence-electron chi connectivity index (χ3n) is 3.27. The molecule has 1 aromatic rings. The van der Waals surface area contributed by atoms with E-state index in [0.717, 1.165) is 25.1 Å². The van der Waals surface area contributed by atoms with E-state index in [4.69, 9.17) is 10.5 Å². The minimum atomic E-state index is 0.0213. The van der Waals surface area contributed by atoms with Crippen LogP contribution in [0.1, 0.15) is 24.8 Å². The molecule has 0 spiro atoms. The van der Waals surface area contributed by atoms with Crippen LogP contribution >= 0.6 is 11.8 Å². The number of nitrogens with two attached hydrogens (primary N) is 1. The highest BCUT2D eigenvalue weighted by Gasteiger charge is 2.32. The summed E-state index contributed by atoms with van der Waals surface area (Å²) in [4.78, 5) is 0. The fourth-order valence-corrected chi connectivity index (χ4v) is 3.52. The van der Waals surface area contributed by atoms with Gasteiger partial charge < -0.3 is 10.5 Å². The maximum Gasteiger partial charge on any atom is 0.0789 e. The van der Waals surface area contributed by atoms with Crippen LogP contribution in [0.25, 0.3) is 0 Å². The van der Waals surface area contributed by atoms with Crippen molar-refractivity contribution in [3.63, 3.8) is 0 Å². The summed E-state index contributed by atoms with van der Waals surface area (Å²) >= 11 is 2.00. The van der Waals surface area contributed by atoms with E-state index >= 15 is 0 Å². The smallest absolute Gasteiger partial charge is 0.0789 e. The summed E-state index contributed by atoms with van der Waals surface area (Å²) in [5.41, 5.74) is 7.00. The molecule has 1 aliphatic heterocycles. The van der Waals surface area contributed by atoms with Gasteiger partial charge in [0.15, 0.2) is 0 Å². The molecule has 1 fully saturated rings. The van der Waals surface area contributed by atoms with Crippen molar-refractivity contribution in [2.45, 2.75) is 31.5 Å². The van der Waals surface area contributed by atoms with Gasteiger partial charge in [-0.15, -0.1) is 0 Å². The first-order valence-corrected chi connectivity index (χ1v) is 7.46. The molecule has 0 aliphatic carbocycles. The van der Waals surface area contributed by atoms with E-state index in [-0.39, 0.29) is 5.60 Å². The van der Waals surface area contributed by atoms with Crippen molar-refractivity contribution in [2.75, 3.05) is 18.1 Å². The summed E-state index contributed by atoms with van der Waals surface area (Å²) in [5.74, 6) is 2.36. The molecule has 1 atom stereocenters. The topological polar surface area (TPSA) is 35.2 Å². The van der Waals surface area contributed by atoms with Gasteiger partial charge in [0.05, 0.1) is 12.2 Å². The van der Waals surface area contributed by atoms with Gasteiger partial charge in [-0.25, -0.2) is 0 Å². The second kappa shape index (κ2) is 6.43. The van der Waals surface area contributed by atoms with Gasteiger partial charge in [-0.05, 0) is 37.1 Å². The zero-order valence-electron chi connectivity index (χ0n) is 10.2. The average Bonchev–Trinajstić information content (AvgIpc) is 2.39. The van der Waals surface area contributed by atoms with Gasteiger partial charge in [-0.1, -0.05) is 30.3 Å². The first-order valence-electron chi connectivity index (χ1n) is 6.30. The highest BCUT2D eigenvalue weighted by Crippen LogP contribution is 2.33.